The van der Waals surface area contributed by atoms with E-state index in [-0.39, 0.29) is 0 Å². The van der Waals surface area contributed by atoms with Gasteiger partial charge in [0, 0.05) is 31.2 Å². The molecule has 0 atom stereocenters. The number of aromatic nitrogens is 3. The van der Waals surface area contributed by atoms with Gasteiger partial charge in [0.25, 0.3) is 0 Å². The summed E-state index contributed by atoms with van der Waals surface area (Å²) in [5.41, 5.74) is 0.709. The highest BCUT2D eigenvalue weighted by molar-refractivity contribution is 6.36. The molecule has 1 aromatic heterocycles. The van der Waals surface area contributed by atoms with E-state index >= 15 is 0 Å². The maximum atomic E-state index is 6.15. The Morgan fingerprint density at radius 2 is 2.04 bits per heavy atom. The molecule has 9 heteroatoms. The molecule has 0 bridgehead atoms. The van der Waals surface area contributed by atoms with E-state index in [1.807, 2.05) is 0 Å². The number of anilines is 3. The van der Waals surface area contributed by atoms with Gasteiger partial charge in [0.15, 0.2) is 5.82 Å². The minimum atomic E-state index is 0.471. The molecule has 7 nitrogen and oxygen atoms in total. The summed E-state index contributed by atoms with van der Waals surface area (Å²) in [4.78, 5) is 6.72. The first-order valence-electron chi connectivity index (χ1n) is 7.66. The topological polar surface area (TPSA) is 75.2 Å². The van der Waals surface area contributed by atoms with Gasteiger partial charge in [-0.1, -0.05) is 23.2 Å². The highest BCUT2D eigenvalue weighted by atomic mass is 35.5. The Morgan fingerprint density at radius 3 is 2.83 bits per heavy atom. The fourth-order valence-electron chi connectivity index (χ4n) is 2.32. The van der Waals surface area contributed by atoms with E-state index in [9.17, 15) is 0 Å². The molecule has 2 N–H and O–H groups in total. The molecule has 1 aliphatic rings. The zero-order valence-electron chi connectivity index (χ0n) is 13.0. The van der Waals surface area contributed by atoms with Crippen LogP contribution >= 0.6 is 23.2 Å². The first-order valence-corrected chi connectivity index (χ1v) is 8.42. The summed E-state index contributed by atoms with van der Waals surface area (Å²) < 4.78 is 5.33. The highest BCUT2D eigenvalue weighted by Gasteiger charge is 2.10. The van der Waals surface area contributed by atoms with E-state index in [0.717, 1.165) is 39.4 Å². The number of rotatable bonds is 6. The molecule has 128 valence electrons. The SMILES string of the molecule is Clc1ccc(Nc2cnnc(NCCN3CCOCC3)n2)c(Cl)c1. The van der Waals surface area contributed by atoms with Gasteiger partial charge in [0.1, 0.15) is 0 Å². The van der Waals surface area contributed by atoms with Crippen molar-refractivity contribution in [2.45, 2.75) is 0 Å². The predicted octanol–water partition coefficient (Wildman–Crippen LogP) is 2.67. The first kappa shape index (κ1) is 17.2. The highest BCUT2D eigenvalue weighted by Crippen LogP contribution is 2.27. The summed E-state index contributed by atoms with van der Waals surface area (Å²) in [6.45, 7) is 5.15. The van der Waals surface area contributed by atoms with Crippen molar-refractivity contribution < 1.29 is 4.74 Å². The Bertz CT molecular complexity index is 681. The van der Waals surface area contributed by atoms with Crippen LogP contribution in [-0.2, 0) is 4.74 Å². The van der Waals surface area contributed by atoms with Gasteiger partial charge < -0.3 is 15.4 Å². The number of hydrogen-bond donors (Lipinski definition) is 2. The molecule has 0 aliphatic carbocycles. The number of nitrogens with zero attached hydrogens (tertiary/aromatic N) is 4. The molecule has 0 spiro atoms. The molecule has 1 aromatic carbocycles. The largest absolute Gasteiger partial charge is 0.379 e. The second kappa shape index (κ2) is 8.43. The van der Waals surface area contributed by atoms with E-state index in [1.165, 1.54) is 6.20 Å². The summed E-state index contributed by atoms with van der Waals surface area (Å²) in [7, 11) is 0. The van der Waals surface area contributed by atoms with Crippen LogP contribution in [0.5, 0.6) is 0 Å². The molecule has 3 rings (SSSR count). The number of nitrogens with one attached hydrogen (secondary N) is 2. The molecule has 0 amide bonds. The molecule has 1 saturated heterocycles. The van der Waals surface area contributed by atoms with Gasteiger partial charge in [-0.25, -0.2) is 0 Å². The molecule has 24 heavy (non-hydrogen) atoms. The van der Waals surface area contributed by atoms with Crippen molar-refractivity contribution in [1.29, 1.82) is 0 Å². The van der Waals surface area contributed by atoms with Crippen molar-refractivity contribution in [3.8, 4) is 0 Å². The lowest BCUT2D eigenvalue weighted by Gasteiger charge is -2.26. The summed E-state index contributed by atoms with van der Waals surface area (Å²) in [5.74, 6) is 1.03. The lowest BCUT2D eigenvalue weighted by Crippen LogP contribution is -2.39. The molecule has 2 heterocycles. The Morgan fingerprint density at radius 1 is 1.21 bits per heavy atom. The maximum absolute atomic E-state index is 6.15. The molecule has 1 fully saturated rings. The van der Waals surface area contributed by atoms with Gasteiger partial charge in [-0.2, -0.15) is 10.1 Å². The zero-order valence-corrected chi connectivity index (χ0v) is 14.5. The van der Waals surface area contributed by atoms with E-state index in [1.54, 1.807) is 18.2 Å². The van der Waals surface area contributed by atoms with Crippen molar-refractivity contribution in [1.82, 2.24) is 20.1 Å². The van der Waals surface area contributed by atoms with Gasteiger partial charge in [-0.3, -0.25) is 4.90 Å². The van der Waals surface area contributed by atoms with Crippen LogP contribution in [0.1, 0.15) is 0 Å². The van der Waals surface area contributed by atoms with E-state index in [4.69, 9.17) is 27.9 Å². The van der Waals surface area contributed by atoms with Crippen LogP contribution in [-0.4, -0.2) is 59.5 Å². The Balaban J connectivity index is 1.55. The van der Waals surface area contributed by atoms with Crippen molar-refractivity contribution >= 4 is 40.7 Å². The van der Waals surface area contributed by atoms with Gasteiger partial charge in [0.2, 0.25) is 5.95 Å². The van der Waals surface area contributed by atoms with Gasteiger partial charge in [0.05, 0.1) is 30.1 Å². The monoisotopic (exact) mass is 368 g/mol. The maximum Gasteiger partial charge on any atom is 0.244 e. The fourth-order valence-corrected chi connectivity index (χ4v) is 2.77. The predicted molar refractivity (Wildman–Crippen MR) is 95.3 cm³/mol. The third-order valence-corrected chi connectivity index (χ3v) is 4.12. The summed E-state index contributed by atoms with van der Waals surface area (Å²) >= 11 is 12.0. The minimum absolute atomic E-state index is 0.471. The molecule has 0 unspecified atom stereocenters. The molecule has 0 saturated carbocycles. The summed E-state index contributed by atoms with van der Waals surface area (Å²) in [6.07, 6.45) is 1.54. The summed E-state index contributed by atoms with van der Waals surface area (Å²) in [5, 5.41) is 15.3. The lowest BCUT2D eigenvalue weighted by molar-refractivity contribution is 0.0398. The standard InChI is InChI=1S/C15H18Cl2N6O/c16-11-1-2-13(12(17)9-11)20-14-10-19-22-15(21-14)18-3-4-23-5-7-24-8-6-23/h1-2,9-10H,3-8H2,(H2,18,20,21,22). The normalized spacial score (nSPS) is 15.2. The van der Waals surface area contributed by atoms with E-state index in [0.29, 0.717) is 27.5 Å². The molecular formula is C15H18Cl2N6O. The van der Waals surface area contributed by atoms with E-state index in [2.05, 4.69) is 30.7 Å². The van der Waals surface area contributed by atoms with Gasteiger partial charge in [-0.15, -0.1) is 5.10 Å². The van der Waals surface area contributed by atoms with Crippen LogP contribution in [0.15, 0.2) is 24.4 Å². The van der Waals surface area contributed by atoms with Crippen LogP contribution in [0.2, 0.25) is 10.0 Å². The molecular weight excluding hydrogens is 351 g/mol. The average Bonchev–Trinajstić information content (AvgIpc) is 2.59. The number of benzene rings is 1. The Hall–Kier alpha value is -1.67. The Kier molecular flexibility index (Phi) is 6.03. The van der Waals surface area contributed by atoms with Gasteiger partial charge in [-0.05, 0) is 18.2 Å². The molecule has 0 radical (unpaired) electrons. The average molecular weight is 369 g/mol. The molecule has 2 aromatic rings. The second-order valence-electron chi connectivity index (χ2n) is 5.30. The lowest BCUT2D eigenvalue weighted by atomic mass is 10.3. The minimum Gasteiger partial charge on any atom is -0.379 e. The van der Waals surface area contributed by atoms with E-state index < -0.39 is 0 Å². The zero-order chi connectivity index (χ0) is 16.8. The van der Waals surface area contributed by atoms with Crippen molar-refractivity contribution in [3.63, 3.8) is 0 Å². The smallest absolute Gasteiger partial charge is 0.244 e. The number of morpholine rings is 1. The van der Waals surface area contributed by atoms with Gasteiger partial charge >= 0.3 is 0 Å². The van der Waals surface area contributed by atoms with Crippen LogP contribution in [0.3, 0.4) is 0 Å². The summed E-state index contributed by atoms with van der Waals surface area (Å²) in [6, 6.07) is 5.21. The van der Waals surface area contributed by atoms with Crippen LogP contribution in [0.4, 0.5) is 17.5 Å². The van der Waals surface area contributed by atoms with Crippen LogP contribution < -0.4 is 10.6 Å². The number of ether oxygens (including phenoxy) is 1. The van der Waals surface area contributed by atoms with Crippen molar-refractivity contribution in [3.05, 3.63) is 34.4 Å². The Labute approximate surface area is 150 Å². The van der Waals surface area contributed by atoms with Crippen molar-refractivity contribution in [2.24, 2.45) is 0 Å². The number of halogens is 2. The second-order valence-corrected chi connectivity index (χ2v) is 6.14. The van der Waals surface area contributed by atoms with Crippen LogP contribution in [0, 0.1) is 0 Å². The van der Waals surface area contributed by atoms with Crippen molar-refractivity contribution in [2.75, 3.05) is 50.0 Å². The quantitative estimate of drug-likeness (QED) is 0.811. The fraction of sp³-hybridized carbons (Fsp3) is 0.400. The first-order chi connectivity index (χ1) is 11.7. The third kappa shape index (κ3) is 4.91. The molecule has 1 aliphatic heterocycles. The third-order valence-electron chi connectivity index (χ3n) is 3.57. The number of hydrogen-bond acceptors (Lipinski definition) is 7. The van der Waals surface area contributed by atoms with Crippen LogP contribution in [0.25, 0.3) is 0 Å².